The monoisotopic (exact) mass is 476 g/mol. The SMILES string of the molecule is [B]c1cccc(-c2ccccc2-c2ccccc2-c2cccc(-c3nnc(-c4ccccc4)s3)c2)c1. The van der Waals surface area contributed by atoms with Crippen LogP contribution >= 0.6 is 11.3 Å². The Morgan fingerprint density at radius 3 is 1.53 bits per heavy atom. The molecule has 1 heterocycles. The average molecular weight is 476 g/mol. The molecule has 5 aromatic carbocycles. The maximum absolute atomic E-state index is 6.11. The summed E-state index contributed by atoms with van der Waals surface area (Å²) in [5.74, 6) is 0. The first-order chi connectivity index (χ1) is 17.8. The molecule has 0 aliphatic heterocycles. The molecule has 0 saturated heterocycles. The van der Waals surface area contributed by atoms with Crippen LogP contribution in [0.15, 0.2) is 127 Å². The summed E-state index contributed by atoms with van der Waals surface area (Å²) in [6.45, 7) is 0. The molecule has 168 valence electrons. The van der Waals surface area contributed by atoms with Gasteiger partial charge in [0.25, 0.3) is 0 Å². The highest BCUT2D eigenvalue weighted by Gasteiger charge is 2.14. The summed E-state index contributed by atoms with van der Waals surface area (Å²) in [6.07, 6.45) is 0. The topological polar surface area (TPSA) is 25.8 Å². The maximum Gasteiger partial charge on any atom is 0.148 e. The van der Waals surface area contributed by atoms with Crippen molar-refractivity contribution in [2.75, 3.05) is 0 Å². The lowest BCUT2D eigenvalue weighted by Crippen LogP contribution is -2.00. The highest BCUT2D eigenvalue weighted by atomic mass is 32.1. The minimum atomic E-state index is 0.759. The van der Waals surface area contributed by atoms with Gasteiger partial charge < -0.3 is 0 Å². The first kappa shape index (κ1) is 22.2. The summed E-state index contributed by atoms with van der Waals surface area (Å²) in [5, 5.41) is 10.8. The van der Waals surface area contributed by atoms with Crippen molar-refractivity contribution in [2.24, 2.45) is 0 Å². The van der Waals surface area contributed by atoms with E-state index in [0.717, 1.165) is 43.3 Å². The fraction of sp³-hybridized carbons (Fsp3) is 0. The quantitative estimate of drug-likeness (QED) is 0.239. The van der Waals surface area contributed by atoms with Crippen molar-refractivity contribution in [3.63, 3.8) is 0 Å². The van der Waals surface area contributed by atoms with Gasteiger partial charge in [0.2, 0.25) is 0 Å². The van der Waals surface area contributed by atoms with Crippen LogP contribution in [0.4, 0.5) is 0 Å². The smallest absolute Gasteiger partial charge is 0.138 e. The van der Waals surface area contributed by atoms with Crippen LogP contribution in [0.1, 0.15) is 0 Å². The second-order valence-electron chi connectivity index (χ2n) is 8.58. The second-order valence-corrected chi connectivity index (χ2v) is 9.55. The highest BCUT2D eigenvalue weighted by Crippen LogP contribution is 2.39. The Labute approximate surface area is 216 Å². The lowest BCUT2D eigenvalue weighted by molar-refractivity contribution is 1.10. The molecule has 6 rings (SSSR count). The molecule has 6 aromatic rings. The van der Waals surface area contributed by atoms with Crippen molar-refractivity contribution >= 4 is 24.6 Å². The molecule has 0 amide bonds. The summed E-state index contributed by atoms with van der Waals surface area (Å²) in [5.41, 5.74) is 9.83. The number of aromatic nitrogens is 2. The van der Waals surface area contributed by atoms with Gasteiger partial charge in [-0.3, -0.25) is 0 Å². The molecule has 36 heavy (non-hydrogen) atoms. The van der Waals surface area contributed by atoms with Crippen molar-refractivity contribution in [1.82, 2.24) is 10.2 Å². The Kier molecular flexibility index (Phi) is 6.02. The predicted molar refractivity (Wildman–Crippen MR) is 152 cm³/mol. The van der Waals surface area contributed by atoms with E-state index in [1.54, 1.807) is 11.3 Å². The van der Waals surface area contributed by atoms with Gasteiger partial charge in [-0.25, -0.2) is 0 Å². The van der Waals surface area contributed by atoms with Gasteiger partial charge in [0.1, 0.15) is 17.9 Å². The number of benzene rings is 5. The molecule has 2 radical (unpaired) electrons. The first-order valence-corrected chi connectivity index (χ1v) is 12.6. The van der Waals surface area contributed by atoms with Gasteiger partial charge in [0, 0.05) is 11.1 Å². The molecule has 0 atom stereocenters. The number of rotatable bonds is 5. The van der Waals surface area contributed by atoms with Gasteiger partial charge in [0.15, 0.2) is 0 Å². The predicted octanol–water partition coefficient (Wildman–Crippen LogP) is 7.67. The largest absolute Gasteiger partial charge is 0.148 e. The summed E-state index contributed by atoms with van der Waals surface area (Å²) in [7, 11) is 6.11. The zero-order valence-corrected chi connectivity index (χ0v) is 20.3. The Balaban J connectivity index is 1.43. The van der Waals surface area contributed by atoms with Gasteiger partial charge in [-0.1, -0.05) is 138 Å². The van der Waals surface area contributed by atoms with Crippen LogP contribution in [-0.2, 0) is 0 Å². The summed E-state index contributed by atoms with van der Waals surface area (Å²) >= 11 is 1.61. The third kappa shape index (κ3) is 4.39. The van der Waals surface area contributed by atoms with Crippen LogP contribution in [0, 0.1) is 0 Å². The van der Waals surface area contributed by atoms with Gasteiger partial charge in [-0.2, -0.15) is 0 Å². The van der Waals surface area contributed by atoms with E-state index in [1.165, 1.54) is 16.7 Å². The zero-order valence-electron chi connectivity index (χ0n) is 19.5. The lowest BCUT2D eigenvalue weighted by atomic mass is 9.87. The van der Waals surface area contributed by atoms with Crippen LogP contribution in [0.25, 0.3) is 54.5 Å². The maximum atomic E-state index is 6.11. The molecular formula is C32H21BN2S. The van der Waals surface area contributed by atoms with Crippen molar-refractivity contribution in [1.29, 1.82) is 0 Å². The molecule has 0 bridgehead atoms. The van der Waals surface area contributed by atoms with Crippen molar-refractivity contribution < 1.29 is 0 Å². The van der Waals surface area contributed by atoms with E-state index in [9.17, 15) is 0 Å². The van der Waals surface area contributed by atoms with Crippen molar-refractivity contribution in [3.05, 3.63) is 127 Å². The van der Waals surface area contributed by atoms with E-state index in [-0.39, 0.29) is 0 Å². The average Bonchev–Trinajstić information content (AvgIpc) is 3.44. The van der Waals surface area contributed by atoms with Gasteiger partial charge in [0.05, 0.1) is 0 Å². The van der Waals surface area contributed by atoms with E-state index in [2.05, 4.69) is 101 Å². The third-order valence-electron chi connectivity index (χ3n) is 6.21. The molecule has 0 saturated carbocycles. The van der Waals surface area contributed by atoms with Gasteiger partial charge in [-0.05, 0) is 39.4 Å². The molecule has 0 spiro atoms. The van der Waals surface area contributed by atoms with Crippen LogP contribution in [0.5, 0.6) is 0 Å². The zero-order chi connectivity index (χ0) is 24.3. The normalized spacial score (nSPS) is 10.9. The fourth-order valence-electron chi connectivity index (χ4n) is 4.50. The lowest BCUT2D eigenvalue weighted by Gasteiger charge is -2.15. The van der Waals surface area contributed by atoms with Gasteiger partial charge in [-0.15, -0.1) is 10.2 Å². The standard InChI is InChI=1S/C32H21BN2S/c33-26-15-9-13-24(21-26)28-17-5-7-19-30(28)29-18-6-4-16-27(29)23-12-8-14-25(20-23)32-35-34-31(36-32)22-10-2-1-3-11-22/h1-21H. The minimum absolute atomic E-state index is 0.759. The van der Waals surface area contributed by atoms with E-state index >= 15 is 0 Å². The van der Waals surface area contributed by atoms with E-state index in [0.29, 0.717) is 0 Å². The summed E-state index contributed by atoms with van der Waals surface area (Å²) in [6, 6.07) is 43.8. The van der Waals surface area contributed by atoms with Crippen molar-refractivity contribution in [3.8, 4) is 54.5 Å². The molecule has 4 heteroatoms. The summed E-state index contributed by atoms with van der Waals surface area (Å²) < 4.78 is 0. The Bertz CT molecular complexity index is 1660. The van der Waals surface area contributed by atoms with Gasteiger partial charge >= 0.3 is 0 Å². The van der Waals surface area contributed by atoms with Crippen LogP contribution in [-0.4, -0.2) is 18.0 Å². The molecule has 0 fully saturated rings. The van der Waals surface area contributed by atoms with Crippen LogP contribution < -0.4 is 5.46 Å². The molecule has 2 nitrogen and oxygen atoms in total. The number of hydrogen-bond acceptors (Lipinski definition) is 3. The second kappa shape index (κ2) is 9.77. The van der Waals surface area contributed by atoms with Crippen molar-refractivity contribution in [2.45, 2.75) is 0 Å². The highest BCUT2D eigenvalue weighted by molar-refractivity contribution is 7.17. The third-order valence-corrected chi connectivity index (χ3v) is 7.23. The van der Waals surface area contributed by atoms with Crippen LogP contribution in [0.2, 0.25) is 0 Å². The van der Waals surface area contributed by atoms with Crippen LogP contribution in [0.3, 0.4) is 0 Å². The number of nitrogens with zero attached hydrogens (tertiary/aromatic N) is 2. The molecular weight excluding hydrogens is 455 g/mol. The number of hydrogen-bond donors (Lipinski definition) is 0. The molecule has 0 N–H and O–H groups in total. The van der Waals surface area contributed by atoms with E-state index < -0.39 is 0 Å². The Morgan fingerprint density at radius 2 is 0.889 bits per heavy atom. The molecule has 1 aromatic heterocycles. The fourth-order valence-corrected chi connectivity index (χ4v) is 5.35. The molecule has 0 aliphatic carbocycles. The Hall–Kier alpha value is -4.28. The molecule has 0 unspecified atom stereocenters. The van der Waals surface area contributed by atoms with E-state index in [1.807, 2.05) is 36.4 Å². The molecule has 0 aliphatic rings. The van der Waals surface area contributed by atoms with E-state index in [4.69, 9.17) is 7.85 Å². The first-order valence-electron chi connectivity index (χ1n) is 11.8. The summed E-state index contributed by atoms with van der Waals surface area (Å²) in [4.78, 5) is 0. The minimum Gasteiger partial charge on any atom is -0.138 e. The Morgan fingerprint density at radius 1 is 0.417 bits per heavy atom.